The molecule has 0 saturated carbocycles. The van der Waals surface area contributed by atoms with Gasteiger partial charge in [-0.25, -0.2) is 4.99 Å². The second-order valence-electron chi connectivity index (χ2n) is 6.12. The molecule has 0 atom stereocenters. The molecule has 0 aliphatic carbocycles. The molecule has 0 bridgehead atoms. The Morgan fingerprint density at radius 1 is 0.769 bits per heavy atom. The van der Waals surface area contributed by atoms with Crippen LogP contribution in [0.15, 0.2) is 102 Å². The molecule has 1 aliphatic rings. The number of amides is 1. The van der Waals surface area contributed by atoms with Crippen molar-refractivity contribution >= 4 is 17.8 Å². The maximum Gasteiger partial charge on any atom is 0.278 e. The zero-order valence-corrected chi connectivity index (χ0v) is 14.2. The van der Waals surface area contributed by atoms with Gasteiger partial charge in [0.15, 0.2) is 0 Å². The summed E-state index contributed by atoms with van der Waals surface area (Å²) in [6.07, 6.45) is 1.84. The SMILES string of the molecule is O=C1/C(=C/c2ccccc2)N=C(c2ccccc2)N1Cc1ccccc1. The molecule has 3 nitrogen and oxygen atoms in total. The lowest BCUT2D eigenvalue weighted by Gasteiger charge is -2.18. The van der Waals surface area contributed by atoms with Crippen LogP contribution in [0, 0.1) is 0 Å². The van der Waals surface area contributed by atoms with Crippen molar-refractivity contribution < 1.29 is 4.79 Å². The van der Waals surface area contributed by atoms with Gasteiger partial charge in [0.25, 0.3) is 5.91 Å². The second kappa shape index (κ2) is 7.19. The number of aliphatic imine (C=N–C) groups is 1. The van der Waals surface area contributed by atoms with E-state index in [1.807, 2.05) is 97.1 Å². The lowest BCUT2D eigenvalue weighted by molar-refractivity contribution is -0.123. The molecule has 0 radical (unpaired) electrons. The van der Waals surface area contributed by atoms with Crippen LogP contribution in [-0.2, 0) is 11.3 Å². The van der Waals surface area contributed by atoms with Crippen molar-refractivity contribution in [3.63, 3.8) is 0 Å². The van der Waals surface area contributed by atoms with Crippen molar-refractivity contribution in [1.82, 2.24) is 4.90 Å². The summed E-state index contributed by atoms with van der Waals surface area (Å²) in [7, 11) is 0. The van der Waals surface area contributed by atoms with Crippen molar-refractivity contribution in [3.8, 4) is 0 Å². The third-order valence-electron chi connectivity index (χ3n) is 4.26. The number of benzene rings is 3. The van der Waals surface area contributed by atoms with E-state index in [-0.39, 0.29) is 5.91 Å². The maximum atomic E-state index is 13.0. The molecular weight excluding hydrogens is 320 g/mol. The van der Waals surface area contributed by atoms with Gasteiger partial charge in [-0.2, -0.15) is 0 Å². The van der Waals surface area contributed by atoms with E-state index in [2.05, 4.69) is 4.99 Å². The lowest BCUT2D eigenvalue weighted by Crippen LogP contribution is -2.32. The molecule has 126 valence electrons. The van der Waals surface area contributed by atoms with Gasteiger partial charge in [-0.15, -0.1) is 0 Å². The first-order chi connectivity index (χ1) is 12.8. The van der Waals surface area contributed by atoms with E-state index < -0.39 is 0 Å². The molecule has 3 aromatic rings. The summed E-state index contributed by atoms with van der Waals surface area (Å²) in [5.74, 6) is 0.623. The average Bonchev–Trinajstić information content (AvgIpc) is 3.00. The van der Waals surface area contributed by atoms with Gasteiger partial charge in [0.1, 0.15) is 11.5 Å². The fraction of sp³-hybridized carbons (Fsp3) is 0.0435. The highest BCUT2D eigenvalue weighted by Gasteiger charge is 2.30. The Labute approximate surface area is 152 Å². The van der Waals surface area contributed by atoms with Crippen LogP contribution in [0.2, 0.25) is 0 Å². The minimum absolute atomic E-state index is 0.0726. The standard InChI is InChI=1S/C23H18N2O/c26-23-21(16-18-10-4-1-5-11-18)24-22(20-14-8-3-9-15-20)25(23)17-19-12-6-2-7-13-19/h1-16H,17H2/b21-16-. The fourth-order valence-electron chi connectivity index (χ4n) is 2.98. The van der Waals surface area contributed by atoms with Gasteiger partial charge in [0.05, 0.1) is 6.54 Å². The largest absolute Gasteiger partial charge is 0.286 e. The third kappa shape index (κ3) is 3.33. The molecule has 0 N–H and O–H groups in total. The Hall–Kier alpha value is -3.46. The van der Waals surface area contributed by atoms with Gasteiger partial charge in [-0.1, -0.05) is 91.0 Å². The van der Waals surface area contributed by atoms with E-state index in [1.165, 1.54) is 0 Å². The lowest BCUT2D eigenvalue weighted by atomic mass is 10.1. The first kappa shape index (κ1) is 16.0. The maximum absolute atomic E-state index is 13.0. The van der Waals surface area contributed by atoms with E-state index in [0.717, 1.165) is 16.7 Å². The summed E-state index contributed by atoms with van der Waals surface area (Å²) in [4.78, 5) is 19.5. The van der Waals surface area contributed by atoms with E-state index in [1.54, 1.807) is 4.90 Å². The highest BCUT2D eigenvalue weighted by Crippen LogP contribution is 2.24. The van der Waals surface area contributed by atoms with Gasteiger partial charge in [-0.3, -0.25) is 9.69 Å². The van der Waals surface area contributed by atoms with Crippen LogP contribution in [0.25, 0.3) is 6.08 Å². The number of hydrogen-bond donors (Lipinski definition) is 0. The number of rotatable bonds is 4. The minimum atomic E-state index is -0.0726. The van der Waals surface area contributed by atoms with Crippen molar-refractivity contribution in [2.24, 2.45) is 4.99 Å². The molecule has 1 heterocycles. The molecule has 3 aromatic carbocycles. The van der Waals surface area contributed by atoms with Crippen LogP contribution in [0.4, 0.5) is 0 Å². The summed E-state index contributed by atoms with van der Waals surface area (Å²) in [5, 5.41) is 0. The van der Waals surface area contributed by atoms with Crippen LogP contribution >= 0.6 is 0 Å². The van der Waals surface area contributed by atoms with Crippen LogP contribution < -0.4 is 0 Å². The van der Waals surface area contributed by atoms with Crippen molar-refractivity contribution in [3.05, 3.63) is 113 Å². The zero-order chi connectivity index (χ0) is 17.8. The molecule has 3 heteroatoms. The van der Waals surface area contributed by atoms with Gasteiger partial charge < -0.3 is 0 Å². The summed E-state index contributed by atoms with van der Waals surface area (Å²) in [5.41, 5.74) is 3.44. The molecule has 26 heavy (non-hydrogen) atoms. The number of amidine groups is 1. The minimum Gasteiger partial charge on any atom is -0.286 e. The van der Waals surface area contributed by atoms with E-state index in [9.17, 15) is 4.79 Å². The van der Waals surface area contributed by atoms with Gasteiger partial charge in [-0.05, 0) is 17.2 Å². The van der Waals surface area contributed by atoms with Crippen LogP contribution in [0.1, 0.15) is 16.7 Å². The first-order valence-electron chi connectivity index (χ1n) is 8.58. The Bertz CT molecular complexity index is 961. The Morgan fingerprint density at radius 2 is 1.35 bits per heavy atom. The molecule has 0 spiro atoms. The summed E-state index contributed by atoms with van der Waals surface area (Å²) >= 11 is 0. The van der Waals surface area contributed by atoms with Crippen LogP contribution in [0.3, 0.4) is 0 Å². The monoisotopic (exact) mass is 338 g/mol. The molecule has 0 saturated heterocycles. The molecule has 0 fully saturated rings. The summed E-state index contributed by atoms with van der Waals surface area (Å²) in [6, 6.07) is 29.6. The molecule has 4 rings (SSSR count). The first-order valence-corrected chi connectivity index (χ1v) is 8.58. The smallest absolute Gasteiger partial charge is 0.278 e. The topological polar surface area (TPSA) is 32.7 Å². The van der Waals surface area contributed by atoms with Crippen molar-refractivity contribution in [2.75, 3.05) is 0 Å². The molecule has 0 aromatic heterocycles. The second-order valence-corrected chi connectivity index (χ2v) is 6.12. The highest BCUT2D eigenvalue weighted by molar-refractivity contribution is 6.19. The molecule has 1 amide bonds. The van der Waals surface area contributed by atoms with E-state index >= 15 is 0 Å². The quantitative estimate of drug-likeness (QED) is 0.644. The zero-order valence-electron chi connectivity index (χ0n) is 14.2. The van der Waals surface area contributed by atoms with Crippen molar-refractivity contribution in [1.29, 1.82) is 0 Å². The molecule has 1 aliphatic heterocycles. The summed E-state index contributed by atoms with van der Waals surface area (Å²) in [6.45, 7) is 0.500. The number of hydrogen-bond acceptors (Lipinski definition) is 2. The third-order valence-corrected chi connectivity index (χ3v) is 4.26. The molecular formula is C23H18N2O. The predicted molar refractivity (Wildman–Crippen MR) is 104 cm³/mol. The van der Waals surface area contributed by atoms with E-state index in [0.29, 0.717) is 18.1 Å². The van der Waals surface area contributed by atoms with Gasteiger partial charge >= 0.3 is 0 Å². The summed E-state index contributed by atoms with van der Waals surface area (Å²) < 4.78 is 0. The normalized spacial score (nSPS) is 15.4. The Kier molecular flexibility index (Phi) is 4.44. The number of nitrogens with zero attached hydrogens (tertiary/aromatic N) is 2. The van der Waals surface area contributed by atoms with Crippen LogP contribution in [0.5, 0.6) is 0 Å². The molecule has 0 unspecified atom stereocenters. The van der Waals surface area contributed by atoms with Gasteiger partial charge in [0.2, 0.25) is 0 Å². The average molecular weight is 338 g/mol. The fourth-order valence-corrected chi connectivity index (χ4v) is 2.98. The van der Waals surface area contributed by atoms with Gasteiger partial charge in [0, 0.05) is 5.56 Å². The van der Waals surface area contributed by atoms with E-state index in [4.69, 9.17) is 0 Å². The van der Waals surface area contributed by atoms with Crippen LogP contribution in [-0.4, -0.2) is 16.6 Å². The number of carbonyl (C=O) groups is 1. The Balaban J connectivity index is 1.73. The highest BCUT2D eigenvalue weighted by atomic mass is 16.2. The van der Waals surface area contributed by atoms with Crippen molar-refractivity contribution in [2.45, 2.75) is 6.54 Å². The predicted octanol–water partition coefficient (Wildman–Crippen LogP) is 4.52. The number of carbonyl (C=O) groups excluding carboxylic acids is 1. The Morgan fingerprint density at radius 3 is 2.00 bits per heavy atom.